The minimum atomic E-state index is -0.609. The first kappa shape index (κ1) is 14.6. The van der Waals surface area contributed by atoms with Gasteiger partial charge in [-0.05, 0) is 11.8 Å². The van der Waals surface area contributed by atoms with Crippen molar-refractivity contribution in [3.05, 3.63) is 0 Å². The van der Waals surface area contributed by atoms with Crippen LogP contribution in [0.2, 0.25) is 0 Å². The fourth-order valence-electron chi connectivity index (χ4n) is 1.19. The van der Waals surface area contributed by atoms with Crippen LogP contribution >= 0.6 is 0 Å². The standard InChI is InChI=1S/C11H20N2O3/c1-7(2)5-9(13-16)11(15)12-10(14)6-8(3)4/h7-8,16H,5-6H2,1-4H3,(H,12,14,15)/b13-9+. The van der Waals surface area contributed by atoms with Gasteiger partial charge in [-0.25, -0.2) is 0 Å². The molecule has 0 unspecified atom stereocenters. The number of oxime groups is 1. The molecule has 0 rings (SSSR count). The topological polar surface area (TPSA) is 78.8 Å². The Morgan fingerprint density at radius 1 is 1.12 bits per heavy atom. The van der Waals surface area contributed by atoms with Gasteiger partial charge in [0.1, 0.15) is 5.71 Å². The van der Waals surface area contributed by atoms with Crippen molar-refractivity contribution in [2.24, 2.45) is 17.0 Å². The Balaban J connectivity index is 4.28. The van der Waals surface area contributed by atoms with Crippen molar-refractivity contribution < 1.29 is 14.8 Å². The van der Waals surface area contributed by atoms with E-state index in [9.17, 15) is 9.59 Å². The molecule has 0 spiro atoms. The highest BCUT2D eigenvalue weighted by molar-refractivity contribution is 6.41. The number of hydrogen-bond acceptors (Lipinski definition) is 4. The molecule has 0 aromatic heterocycles. The van der Waals surface area contributed by atoms with Gasteiger partial charge in [0.05, 0.1) is 0 Å². The van der Waals surface area contributed by atoms with E-state index < -0.39 is 5.91 Å². The van der Waals surface area contributed by atoms with Gasteiger partial charge in [0.15, 0.2) is 0 Å². The SMILES string of the molecule is CC(C)CC(=O)NC(=O)/C(CC(C)C)=N/O. The summed E-state index contributed by atoms with van der Waals surface area (Å²) in [6.07, 6.45) is 0.628. The molecule has 0 aliphatic carbocycles. The van der Waals surface area contributed by atoms with E-state index in [2.05, 4.69) is 10.5 Å². The van der Waals surface area contributed by atoms with E-state index in [4.69, 9.17) is 5.21 Å². The summed E-state index contributed by atoms with van der Waals surface area (Å²) >= 11 is 0. The van der Waals surface area contributed by atoms with Gasteiger partial charge in [0, 0.05) is 12.8 Å². The third kappa shape index (κ3) is 6.16. The normalized spacial score (nSPS) is 12.0. The number of hydrogen-bond donors (Lipinski definition) is 2. The van der Waals surface area contributed by atoms with Crippen LogP contribution in [0.1, 0.15) is 40.5 Å². The Labute approximate surface area is 95.9 Å². The number of rotatable bonds is 5. The zero-order valence-electron chi connectivity index (χ0n) is 10.3. The number of imide groups is 1. The van der Waals surface area contributed by atoms with Crippen LogP contribution in [-0.4, -0.2) is 22.7 Å². The highest BCUT2D eigenvalue weighted by Crippen LogP contribution is 2.03. The van der Waals surface area contributed by atoms with E-state index in [1.807, 2.05) is 27.7 Å². The maximum absolute atomic E-state index is 11.5. The monoisotopic (exact) mass is 228 g/mol. The zero-order chi connectivity index (χ0) is 12.7. The second kappa shape index (κ2) is 6.98. The van der Waals surface area contributed by atoms with E-state index in [0.717, 1.165) is 0 Å². The predicted octanol–water partition coefficient (Wildman–Crippen LogP) is 1.55. The van der Waals surface area contributed by atoms with Gasteiger partial charge in [0.2, 0.25) is 5.91 Å². The van der Waals surface area contributed by atoms with Gasteiger partial charge < -0.3 is 5.21 Å². The first-order chi connectivity index (χ1) is 7.36. The molecule has 0 saturated carbocycles. The molecule has 0 aliphatic rings. The molecule has 92 valence electrons. The number of carbonyl (C=O) groups excluding carboxylic acids is 2. The average molecular weight is 228 g/mol. The van der Waals surface area contributed by atoms with Gasteiger partial charge in [-0.1, -0.05) is 32.9 Å². The van der Waals surface area contributed by atoms with Crippen LogP contribution in [0, 0.1) is 11.8 Å². The third-order valence-corrected chi connectivity index (χ3v) is 1.83. The van der Waals surface area contributed by atoms with Crippen LogP contribution in [-0.2, 0) is 9.59 Å². The first-order valence-corrected chi connectivity index (χ1v) is 5.41. The molecule has 0 aromatic rings. The minimum Gasteiger partial charge on any atom is -0.410 e. The summed E-state index contributed by atoms with van der Waals surface area (Å²) < 4.78 is 0. The molecule has 0 radical (unpaired) electrons. The van der Waals surface area contributed by atoms with Gasteiger partial charge in [0.25, 0.3) is 5.91 Å². The van der Waals surface area contributed by atoms with Crippen molar-refractivity contribution in [3.63, 3.8) is 0 Å². The van der Waals surface area contributed by atoms with E-state index in [1.54, 1.807) is 0 Å². The average Bonchev–Trinajstić information content (AvgIpc) is 2.11. The number of amides is 2. The fourth-order valence-corrected chi connectivity index (χ4v) is 1.19. The summed E-state index contributed by atoms with van der Waals surface area (Å²) in [6.45, 7) is 7.57. The van der Waals surface area contributed by atoms with Gasteiger partial charge in [-0.15, -0.1) is 0 Å². The van der Waals surface area contributed by atoms with E-state index >= 15 is 0 Å². The summed E-state index contributed by atoms with van der Waals surface area (Å²) in [6, 6.07) is 0. The van der Waals surface area contributed by atoms with Crippen LogP contribution < -0.4 is 5.32 Å². The molecule has 0 aromatic carbocycles. The summed E-state index contributed by atoms with van der Waals surface area (Å²) in [5.74, 6) is -0.573. The van der Waals surface area contributed by atoms with Crippen LogP contribution in [0.4, 0.5) is 0 Å². The van der Waals surface area contributed by atoms with Crippen molar-refractivity contribution in [2.75, 3.05) is 0 Å². The molecule has 0 heterocycles. The summed E-state index contributed by atoms with van der Waals surface area (Å²) in [4.78, 5) is 22.8. The number of nitrogens with zero attached hydrogens (tertiary/aromatic N) is 1. The van der Waals surface area contributed by atoms with Crippen molar-refractivity contribution in [2.45, 2.75) is 40.5 Å². The third-order valence-electron chi connectivity index (χ3n) is 1.83. The van der Waals surface area contributed by atoms with Crippen molar-refractivity contribution in [3.8, 4) is 0 Å². The molecule has 0 bridgehead atoms. The molecule has 0 atom stereocenters. The second-order valence-electron chi connectivity index (χ2n) is 4.62. The summed E-state index contributed by atoms with van der Waals surface area (Å²) in [5.41, 5.74) is -0.00731. The van der Waals surface area contributed by atoms with Crippen molar-refractivity contribution >= 4 is 17.5 Å². The second-order valence-corrected chi connectivity index (χ2v) is 4.62. The van der Waals surface area contributed by atoms with Crippen LogP contribution in [0.3, 0.4) is 0 Å². The van der Waals surface area contributed by atoms with Crippen molar-refractivity contribution in [1.82, 2.24) is 5.32 Å². The number of carbonyl (C=O) groups is 2. The van der Waals surface area contributed by atoms with E-state index in [1.165, 1.54) is 0 Å². The van der Waals surface area contributed by atoms with Gasteiger partial charge in [-0.3, -0.25) is 14.9 Å². The minimum absolute atomic E-state index is 0.00731. The first-order valence-electron chi connectivity index (χ1n) is 5.41. The van der Waals surface area contributed by atoms with Crippen LogP contribution in [0.15, 0.2) is 5.16 Å². The molecule has 0 aliphatic heterocycles. The Morgan fingerprint density at radius 3 is 2.00 bits per heavy atom. The molecular weight excluding hydrogens is 208 g/mol. The number of nitrogens with one attached hydrogen (secondary N) is 1. The molecule has 2 amide bonds. The van der Waals surface area contributed by atoms with Gasteiger partial charge >= 0.3 is 0 Å². The molecule has 0 fully saturated rings. The summed E-state index contributed by atoms with van der Waals surface area (Å²) in [5, 5.41) is 13.8. The quantitative estimate of drug-likeness (QED) is 0.425. The maximum Gasteiger partial charge on any atom is 0.275 e. The Kier molecular flexibility index (Phi) is 6.37. The van der Waals surface area contributed by atoms with E-state index in [-0.39, 0.29) is 29.9 Å². The lowest BCUT2D eigenvalue weighted by molar-refractivity contribution is -0.127. The Morgan fingerprint density at radius 2 is 1.62 bits per heavy atom. The molecule has 5 heteroatoms. The lowest BCUT2D eigenvalue weighted by Gasteiger charge is -2.08. The predicted molar refractivity (Wildman–Crippen MR) is 61.3 cm³/mol. The molecular formula is C11H20N2O3. The smallest absolute Gasteiger partial charge is 0.275 e. The Hall–Kier alpha value is -1.39. The van der Waals surface area contributed by atoms with Crippen molar-refractivity contribution in [1.29, 1.82) is 0 Å². The van der Waals surface area contributed by atoms with Gasteiger partial charge in [-0.2, -0.15) is 0 Å². The van der Waals surface area contributed by atoms with Crippen LogP contribution in [0.25, 0.3) is 0 Å². The molecule has 0 saturated heterocycles. The largest absolute Gasteiger partial charge is 0.410 e. The lowest BCUT2D eigenvalue weighted by atomic mass is 10.1. The lowest BCUT2D eigenvalue weighted by Crippen LogP contribution is -2.37. The molecule has 2 N–H and O–H groups in total. The highest BCUT2D eigenvalue weighted by atomic mass is 16.4. The summed E-state index contributed by atoms with van der Waals surface area (Å²) in [7, 11) is 0. The Bertz CT molecular complexity index is 283. The zero-order valence-corrected chi connectivity index (χ0v) is 10.3. The van der Waals surface area contributed by atoms with Crippen LogP contribution in [0.5, 0.6) is 0 Å². The van der Waals surface area contributed by atoms with E-state index in [0.29, 0.717) is 6.42 Å². The fraction of sp³-hybridized carbons (Fsp3) is 0.727. The molecule has 16 heavy (non-hydrogen) atoms. The maximum atomic E-state index is 11.5. The molecule has 5 nitrogen and oxygen atoms in total. The highest BCUT2D eigenvalue weighted by Gasteiger charge is 2.17.